The molecular weight excluding hydrogens is 395 g/mol. The molecule has 0 spiro atoms. The molecule has 2 heterocycles. The van der Waals surface area contributed by atoms with Crippen LogP contribution in [0.1, 0.15) is 0 Å². The van der Waals surface area contributed by atoms with Crippen LogP contribution in [0, 0.1) is 0 Å². The molecule has 0 unspecified atom stereocenters. The zero-order valence-electron chi connectivity index (χ0n) is 14.4. The monoisotopic (exact) mass is 406 g/mol. The van der Waals surface area contributed by atoms with Gasteiger partial charge in [-0.05, 0) is 60.7 Å². The fourth-order valence-electron chi connectivity index (χ4n) is 3.19. The molecule has 28 heavy (non-hydrogen) atoms. The van der Waals surface area contributed by atoms with Crippen molar-refractivity contribution in [3.63, 3.8) is 0 Å². The second-order valence-corrected chi connectivity index (χ2v) is 7.16. The number of hydrogen-bond acceptors (Lipinski definition) is 3. The van der Waals surface area contributed by atoms with Gasteiger partial charge in [-0.2, -0.15) is 4.52 Å². The second-order valence-electron chi connectivity index (χ2n) is 6.29. The number of aromatic nitrogens is 4. The minimum atomic E-state index is -0.219. The van der Waals surface area contributed by atoms with Crippen molar-refractivity contribution in [2.24, 2.45) is 0 Å². The first kappa shape index (κ1) is 17.0. The molecule has 0 radical (unpaired) electrons. The standard InChI is InChI=1S/C21H12Cl2N4O/c22-14-7-5-13(6-8-14)19-25-27-20(28)17-3-1-2-4-18(17)24-21(27)26(19)16-11-9-15(23)10-12-16/h1-12H. The number of nitrogens with zero attached hydrogens (tertiary/aromatic N) is 4. The SMILES string of the molecule is O=c1c2ccccc2nc2n(-c3ccc(Cl)cc3)c(-c3ccc(Cl)cc3)nn12. The minimum absolute atomic E-state index is 0.219. The maximum atomic E-state index is 13.0. The van der Waals surface area contributed by atoms with E-state index in [2.05, 4.69) is 5.10 Å². The summed E-state index contributed by atoms with van der Waals surface area (Å²) in [5.41, 5.74) is 2.01. The van der Waals surface area contributed by atoms with Crippen LogP contribution in [-0.2, 0) is 0 Å². The van der Waals surface area contributed by atoms with E-state index in [-0.39, 0.29) is 5.56 Å². The molecule has 0 aliphatic carbocycles. The number of benzene rings is 3. The first-order valence-electron chi connectivity index (χ1n) is 8.54. The van der Waals surface area contributed by atoms with Gasteiger partial charge >= 0.3 is 0 Å². The van der Waals surface area contributed by atoms with Gasteiger partial charge in [-0.15, -0.1) is 5.10 Å². The topological polar surface area (TPSA) is 52.2 Å². The molecule has 0 saturated carbocycles. The van der Waals surface area contributed by atoms with Gasteiger partial charge in [-0.1, -0.05) is 35.3 Å². The quantitative estimate of drug-likeness (QED) is 0.414. The molecule has 5 rings (SSSR count). The average Bonchev–Trinajstić information content (AvgIpc) is 3.09. The van der Waals surface area contributed by atoms with Gasteiger partial charge in [0.1, 0.15) is 0 Å². The lowest BCUT2D eigenvalue weighted by atomic mass is 10.2. The molecule has 0 atom stereocenters. The Morgan fingerprint density at radius 1 is 0.786 bits per heavy atom. The second kappa shape index (κ2) is 6.48. The fraction of sp³-hybridized carbons (Fsp3) is 0. The van der Waals surface area contributed by atoms with E-state index in [9.17, 15) is 4.79 Å². The molecule has 0 N–H and O–H groups in total. The first-order valence-corrected chi connectivity index (χ1v) is 9.30. The van der Waals surface area contributed by atoms with Gasteiger partial charge in [0, 0.05) is 15.6 Å². The van der Waals surface area contributed by atoms with E-state index in [0.29, 0.717) is 32.6 Å². The molecule has 0 aliphatic heterocycles. The fourth-order valence-corrected chi connectivity index (χ4v) is 3.45. The molecule has 0 bridgehead atoms. The molecule has 0 aliphatic rings. The lowest BCUT2D eigenvalue weighted by Crippen LogP contribution is -2.16. The van der Waals surface area contributed by atoms with Crippen LogP contribution in [0.2, 0.25) is 10.0 Å². The van der Waals surface area contributed by atoms with Crippen molar-refractivity contribution in [1.29, 1.82) is 0 Å². The molecule has 136 valence electrons. The molecule has 2 aromatic heterocycles. The molecule has 0 saturated heterocycles. The predicted octanol–water partition coefficient (Wildman–Crippen LogP) is 5.01. The van der Waals surface area contributed by atoms with Crippen LogP contribution in [0.5, 0.6) is 0 Å². The first-order chi connectivity index (χ1) is 13.6. The Morgan fingerprint density at radius 2 is 1.43 bits per heavy atom. The number of para-hydroxylation sites is 1. The normalized spacial score (nSPS) is 11.4. The van der Waals surface area contributed by atoms with Crippen LogP contribution in [0.3, 0.4) is 0 Å². The summed E-state index contributed by atoms with van der Waals surface area (Å²) in [5, 5.41) is 6.35. The summed E-state index contributed by atoms with van der Waals surface area (Å²) in [6.45, 7) is 0. The molecular formula is C21H12Cl2N4O. The van der Waals surface area contributed by atoms with E-state index in [4.69, 9.17) is 28.2 Å². The van der Waals surface area contributed by atoms with Gasteiger partial charge < -0.3 is 0 Å². The van der Waals surface area contributed by atoms with Crippen molar-refractivity contribution in [3.05, 3.63) is 93.2 Å². The number of halogens is 2. The van der Waals surface area contributed by atoms with Crippen molar-refractivity contribution < 1.29 is 0 Å². The minimum Gasteiger partial charge on any atom is -0.267 e. The molecule has 5 aromatic rings. The largest absolute Gasteiger partial charge is 0.283 e. The zero-order valence-corrected chi connectivity index (χ0v) is 15.9. The van der Waals surface area contributed by atoms with E-state index in [0.717, 1.165) is 11.3 Å². The Kier molecular flexibility index (Phi) is 3.93. The van der Waals surface area contributed by atoms with Crippen LogP contribution < -0.4 is 5.56 Å². The molecule has 5 nitrogen and oxygen atoms in total. The summed E-state index contributed by atoms with van der Waals surface area (Å²) < 4.78 is 3.17. The number of fused-ring (bicyclic) bond motifs is 2. The highest BCUT2D eigenvalue weighted by atomic mass is 35.5. The van der Waals surface area contributed by atoms with E-state index >= 15 is 0 Å². The summed E-state index contributed by atoms with van der Waals surface area (Å²) in [5.74, 6) is 1.01. The Morgan fingerprint density at radius 3 is 2.14 bits per heavy atom. The summed E-state index contributed by atoms with van der Waals surface area (Å²) in [6, 6.07) is 21.8. The summed E-state index contributed by atoms with van der Waals surface area (Å²) in [7, 11) is 0. The third kappa shape index (κ3) is 2.68. The van der Waals surface area contributed by atoms with Crippen molar-refractivity contribution in [1.82, 2.24) is 19.2 Å². The van der Waals surface area contributed by atoms with Gasteiger partial charge in [-0.3, -0.25) is 9.36 Å². The third-order valence-electron chi connectivity index (χ3n) is 4.53. The van der Waals surface area contributed by atoms with Crippen LogP contribution in [-0.4, -0.2) is 19.2 Å². The van der Waals surface area contributed by atoms with Crippen LogP contribution in [0.15, 0.2) is 77.6 Å². The lowest BCUT2D eigenvalue weighted by molar-refractivity contribution is 0.917. The third-order valence-corrected chi connectivity index (χ3v) is 5.03. The maximum absolute atomic E-state index is 13.0. The van der Waals surface area contributed by atoms with Crippen molar-refractivity contribution in [2.75, 3.05) is 0 Å². The molecule has 0 fully saturated rings. The molecule has 0 amide bonds. The van der Waals surface area contributed by atoms with Gasteiger partial charge in [0.25, 0.3) is 5.56 Å². The van der Waals surface area contributed by atoms with E-state index < -0.39 is 0 Å². The average molecular weight is 407 g/mol. The van der Waals surface area contributed by atoms with Crippen LogP contribution in [0.4, 0.5) is 0 Å². The van der Waals surface area contributed by atoms with Gasteiger partial charge in [0.15, 0.2) is 5.82 Å². The summed E-state index contributed by atoms with van der Waals surface area (Å²) in [6.07, 6.45) is 0. The number of hydrogen-bond donors (Lipinski definition) is 0. The lowest BCUT2D eigenvalue weighted by Gasteiger charge is -2.08. The highest BCUT2D eigenvalue weighted by Crippen LogP contribution is 2.26. The highest BCUT2D eigenvalue weighted by molar-refractivity contribution is 6.30. The Labute approximate surface area is 169 Å². The van der Waals surface area contributed by atoms with E-state index in [1.165, 1.54) is 4.52 Å². The summed E-state index contributed by atoms with van der Waals surface area (Å²) in [4.78, 5) is 17.7. The summed E-state index contributed by atoms with van der Waals surface area (Å²) >= 11 is 12.1. The van der Waals surface area contributed by atoms with Gasteiger partial charge in [0.2, 0.25) is 5.78 Å². The van der Waals surface area contributed by atoms with Gasteiger partial charge in [0.05, 0.1) is 16.6 Å². The van der Waals surface area contributed by atoms with E-state index in [1.807, 2.05) is 47.0 Å². The Hall–Kier alpha value is -3.15. The smallest absolute Gasteiger partial charge is 0.267 e. The predicted molar refractivity (Wildman–Crippen MR) is 112 cm³/mol. The van der Waals surface area contributed by atoms with E-state index in [1.54, 1.807) is 30.3 Å². The van der Waals surface area contributed by atoms with Crippen LogP contribution in [0.25, 0.3) is 33.8 Å². The molecule has 7 heteroatoms. The number of rotatable bonds is 2. The van der Waals surface area contributed by atoms with Crippen LogP contribution >= 0.6 is 23.2 Å². The van der Waals surface area contributed by atoms with Crippen molar-refractivity contribution >= 4 is 39.9 Å². The van der Waals surface area contributed by atoms with Gasteiger partial charge in [-0.25, -0.2) is 4.98 Å². The van der Waals surface area contributed by atoms with Crippen molar-refractivity contribution in [2.45, 2.75) is 0 Å². The Bertz CT molecular complexity index is 1390. The molecule has 3 aromatic carbocycles. The zero-order chi connectivity index (χ0) is 19.3. The van der Waals surface area contributed by atoms with Crippen molar-refractivity contribution in [3.8, 4) is 17.1 Å². The maximum Gasteiger partial charge on any atom is 0.283 e. The Balaban J connectivity index is 1.92. The highest BCUT2D eigenvalue weighted by Gasteiger charge is 2.18.